The number of carbonyl (C=O) groups is 1. The second-order valence-corrected chi connectivity index (χ2v) is 5.02. The molecule has 0 aliphatic rings. The SMILES string of the molecule is Cc1cc(/C=C/C(=O)c2c(O)sc(=O)[nH]c2=O)n(C)n1. The number of hydrogen-bond donors (Lipinski definition) is 2. The quantitative estimate of drug-likeness (QED) is 0.631. The fraction of sp³-hybridized carbons (Fsp3) is 0.167. The summed E-state index contributed by atoms with van der Waals surface area (Å²) in [5, 5.41) is 13.0. The lowest BCUT2D eigenvalue weighted by Gasteiger charge is -1.97. The number of aromatic hydroxyl groups is 1. The molecule has 104 valence electrons. The summed E-state index contributed by atoms with van der Waals surface area (Å²) in [6.07, 6.45) is 2.63. The monoisotopic (exact) mass is 293 g/mol. The summed E-state index contributed by atoms with van der Waals surface area (Å²) in [5.74, 6) is -0.682. The third-order valence-corrected chi connectivity index (χ3v) is 3.22. The molecule has 0 saturated heterocycles. The molecule has 0 aliphatic heterocycles. The van der Waals surface area contributed by atoms with Gasteiger partial charge in [-0.25, -0.2) is 0 Å². The van der Waals surface area contributed by atoms with Crippen LogP contribution in [0.4, 0.5) is 0 Å². The summed E-state index contributed by atoms with van der Waals surface area (Å²) in [4.78, 5) is 35.6. The first-order valence-electron chi connectivity index (χ1n) is 5.58. The van der Waals surface area contributed by atoms with Gasteiger partial charge in [0.25, 0.3) is 5.56 Å². The van der Waals surface area contributed by atoms with Crippen LogP contribution in [-0.4, -0.2) is 25.7 Å². The Morgan fingerprint density at radius 1 is 1.50 bits per heavy atom. The topological polar surface area (TPSA) is 105 Å². The Kier molecular flexibility index (Phi) is 3.66. The molecule has 8 heteroatoms. The molecule has 0 amide bonds. The average Bonchev–Trinajstić information content (AvgIpc) is 2.63. The van der Waals surface area contributed by atoms with Gasteiger partial charge in [0.2, 0.25) is 0 Å². The van der Waals surface area contributed by atoms with Crippen molar-refractivity contribution in [2.24, 2.45) is 7.05 Å². The summed E-state index contributed by atoms with van der Waals surface area (Å²) in [6.45, 7) is 1.81. The predicted molar refractivity (Wildman–Crippen MR) is 74.2 cm³/mol. The van der Waals surface area contributed by atoms with Crippen molar-refractivity contribution < 1.29 is 9.90 Å². The first-order valence-corrected chi connectivity index (χ1v) is 6.39. The maximum absolute atomic E-state index is 11.9. The van der Waals surface area contributed by atoms with Gasteiger partial charge in [0.05, 0.1) is 11.4 Å². The standard InChI is InChI=1S/C12H11N3O4S/c1-6-5-7(15(2)14-6)3-4-8(16)9-10(17)13-12(19)20-11(9)18/h3-5,18H,1-2H3,(H,13,17,19)/b4-3+. The van der Waals surface area contributed by atoms with E-state index in [0.717, 1.165) is 11.8 Å². The Morgan fingerprint density at radius 3 is 2.75 bits per heavy atom. The van der Waals surface area contributed by atoms with Gasteiger partial charge in [-0.05, 0) is 36.5 Å². The molecule has 20 heavy (non-hydrogen) atoms. The fourth-order valence-electron chi connectivity index (χ4n) is 1.66. The number of rotatable bonds is 3. The molecule has 7 nitrogen and oxygen atoms in total. The summed E-state index contributed by atoms with van der Waals surface area (Å²) < 4.78 is 1.58. The molecule has 0 atom stereocenters. The molecule has 2 rings (SSSR count). The number of allylic oxidation sites excluding steroid dienone is 1. The van der Waals surface area contributed by atoms with Crippen molar-refractivity contribution in [1.29, 1.82) is 0 Å². The summed E-state index contributed by atoms with van der Waals surface area (Å²) in [5.41, 5.74) is 0.126. The molecule has 0 saturated carbocycles. The molecule has 2 aromatic rings. The molecule has 0 radical (unpaired) electrons. The third-order valence-electron chi connectivity index (χ3n) is 2.54. The number of aromatic nitrogens is 3. The van der Waals surface area contributed by atoms with E-state index in [1.54, 1.807) is 17.8 Å². The van der Waals surface area contributed by atoms with Crippen molar-refractivity contribution in [3.8, 4) is 5.06 Å². The number of nitrogens with one attached hydrogen (secondary N) is 1. The number of carbonyl (C=O) groups excluding carboxylic acids is 1. The minimum Gasteiger partial charge on any atom is -0.499 e. The summed E-state index contributed by atoms with van der Waals surface area (Å²) >= 11 is 0.402. The number of nitrogens with zero attached hydrogens (tertiary/aromatic N) is 2. The Bertz CT molecular complexity index is 813. The van der Waals surface area contributed by atoms with Crippen LogP contribution in [0.15, 0.2) is 21.7 Å². The molecule has 0 fully saturated rings. The fourth-order valence-corrected chi connectivity index (χ4v) is 2.28. The Labute approximate surface area is 116 Å². The Morgan fingerprint density at radius 2 is 2.20 bits per heavy atom. The van der Waals surface area contributed by atoms with Crippen molar-refractivity contribution in [3.05, 3.63) is 49.1 Å². The van der Waals surface area contributed by atoms with E-state index in [4.69, 9.17) is 0 Å². The van der Waals surface area contributed by atoms with Crippen LogP contribution in [0.1, 0.15) is 21.7 Å². The van der Waals surface area contributed by atoms with Crippen LogP contribution in [-0.2, 0) is 7.05 Å². The molecule has 0 aromatic carbocycles. The first kappa shape index (κ1) is 13.9. The number of ketones is 1. The van der Waals surface area contributed by atoms with Crippen molar-refractivity contribution in [3.63, 3.8) is 0 Å². The van der Waals surface area contributed by atoms with E-state index in [2.05, 4.69) is 5.10 Å². The van der Waals surface area contributed by atoms with Crippen molar-refractivity contribution in [2.45, 2.75) is 6.92 Å². The second kappa shape index (κ2) is 5.25. The molecule has 0 bridgehead atoms. The van der Waals surface area contributed by atoms with Gasteiger partial charge in [0, 0.05) is 7.05 Å². The van der Waals surface area contributed by atoms with Crippen molar-refractivity contribution >= 4 is 23.2 Å². The highest BCUT2D eigenvalue weighted by molar-refractivity contribution is 7.11. The second-order valence-electron chi connectivity index (χ2n) is 4.06. The van der Waals surface area contributed by atoms with E-state index < -0.39 is 26.8 Å². The lowest BCUT2D eigenvalue weighted by atomic mass is 10.2. The van der Waals surface area contributed by atoms with Gasteiger partial charge >= 0.3 is 4.87 Å². The lowest BCUT2D eigenvalue weighted by molar-refractivity contribution is 0.104. The largest absolute Gasteiger partial charge is 0.499 e. The van der Waals surface area contributed by atoms with Gasteiger partial charge in [0.1, 0.15) is 5.56 Å². The van der Waals surface area contributed by atoms with Crippen LogP contribution < -0.4 is 10.4 Å². The van der Waals surface area contributed by atoms with Gasteiger partial charge in [-0.15, -0.1) is 0 Å². The molecular formula is C12H11N3O4S. The van der Waals surface area contributed by atoms with E-state index in [1.807, 2.05) is 11.9 Å². The van der Waals surface area contributed by atoms with E-state index >= 15 is 0 Å². The maximum atomic E-state index is 11.9. The van der Waals surface area contributed by atoms with Gasteiger partial charge in [0.15, 0.2) is 10.8 Å². The van der Waals surface area contributed by atoms with E-state index in [9.17, 15) is 19.5 Å². The molecule has 0 spiro atoms. The van der Waals surface area contributed by atoms with E-state index in [1.165, 1.54) is 6.08 Å². The molecule has 0 unspecified atom stereocenters. The zero-order valence-electron chi connectivity index (χ0n) is 10.7. The van der Waals surface area contributed by atoms with Crippen molar-refractivity contribution in [1.82, 2.24) is 14.8 Å². The lowest BCUT2D eigenvalue weighted by Crippen LogP contribution is -2.22. The van der Waals surface area contributed by atoms with Crippen LogP contribution in [0.2, 0.25) is 0 Å². The number of hydrogen-bond acceptors (Lipinski definition) is 6. The minimum atomic E-state index is -0.901. The Hall–Kier alpha value is -2.48. The maximum Gasteiger partial charge on any atom is 0.310 e. The third kappa shape index (κ3) is 2.75. The summed E-state index contributed by atoms with van der Waals surface area (Å²) in [6, 6.07) is 1.76. The van der Waals surface area contributed by atoms with Crippen LogP contribution in [0.3, 0.4) is 0 Å². The molecule has 2 aromatic heterocycles. The smallest absolute Gasteiger partial charge is 0.310 e. The number of aromatic amines is 1. The van der Waals surface area contributed by atoms with E-state index in [-0.39, 0.29) is 0 Å². The average molecular weight is 293 g/mol. The van der Waals surface area contributed by atoms with E-state index in [0.29, 0.717) is 17.0 Å². The van der Waals surface area contributed by atoms with Gasteiger partial charge in [-0.3, -0.25) is 24.0 Å². The van der Waals surface area contributed by atoms with Gasteiger partial charge < -0.3 is 5.11 Å². The highest BCUT2D eigenvalue weighted by atomic mass is 32.1. The molecule has 2 heterocycles. The number of H-pyrrole nitrogens is 1. The summed E-state index contributed by atoms with van der Waals surface area (Å²) in [7, 11) is 1.72. The van der Waals surface area contributed by atoms with Crippen LogP contribution >= 0.6 is 11.3 Å². The minimum absolute atomic E-state index is 0.402. The highest BCUT2D eigenvalue weighted by Gasteiger charge is 2.15. The van der Waals surface area contributed by atoms with Crippen molar-refractivity contribution in [2.75, 3.05) is 0 Å². The highest BCUT2D eigenvalue weighted by Crippen LogP contribution is 2.16. The number of aryl methyl sites for hydroxylation is 2. The van der Waals surface area contributed by atoms with Crippen LogP contribution in [0, 0.1) is 6.92 Å². The molecule has 0 aliphatic carbocycles. The van der Waals surface area contributed by atoms with Crippen LogP contribution in [0.5, 0.6) is 5.06 Å². The van der Waals surface area contributed by atoms with Gasteiger partial charge in [-0.1, -0.05) is 0 Å². The molecule has 2 N–H and O–H groups in total. The van der Waals surface area contributed by atoms with Gasteiger partial charge in [-0.2, -0.15) is 5.10 Å². The molecular weight excluding hydrogens is 282 g/mol. The normalized spacial score (nSPS) is 11.1. The van der Waals surface area contributed by atoms with Crippen LogP contribution in [0.25, 0.3) is 6.08 Å². The zero-order chi connectivity index (χ0) is 14.9. The Balaban J connectivity index is 2.36. The zero-order valence-corrected chi connectivity index (χ0v) is 11.5. The first-order chi connectivity index (χ1) is 9.38. The predicted octanol–water partition coefficient (Wildman–Crippen LogP) is 0.440.